The van der Waals surface area contributed by atoms with Crippen LogP contribution >= 0.6 is 0 Å². The molecule has 2 N–H and O–H groups in total. The molecular formula is C20H23N2O4+. The predicted molar refractivity (Wildman–Crippen MR) is 97.4 cm³/mol. The van der Waals surface area contributed by atoms with Crippen molar-refractivity contribution in [2.75, 3.05) is 25.7 Å². The lowest BCUT2D eigenvalue weighted by Crippen LogP contribution is -2.92. The number of hydrogen-bond donors (Lipinski definition) is 1. The Bertz CT molecular complexity index is 792. The van der Waals surface area contributed by atoms with Gasteiger partial charge in [0.25, 0.3) is 5.91 Å². The molecule has 1 aliphatic rings. The zero-order valence-corrected chi connectivity index (χ0v) is 15.0. The maximum absolute atomic E-state index is 12.6. The summed E-state index contributed by atoms with van der Waals surface area (Å²) in [5.74, 6) is 1.09. The van der Waals surface area contributed by atoms with Crippen molar-refractivity contribution in [1.29, 1.82) is 0 Å². The number of carbonyl (C=O) groups is 2. The summed E-state index contributed by atoms with van der Waals surface area (Å²) in [6.07, 6.45) is 1.00. The zero-order valence-electron chi connectivity index (χ0n) is 15.0. The molecule has 0 saturated carbocycles. The monoisotopic (exact) mass is 355 g/mol. The minimum absolute atomic E-state index is 0.145. The van der Waals surface area contributed by atoms with E-state index in [9.17, 15) is 9.59 Å². The van der Waals surface area contributed by atoms with Crippen molar-refractivity contribution >= 4 is 17.5 Å². The summed E-state index contributed by atoms with van der Waals surface area (Å²) < 4.78 is 10.5. The predicted octanol–water partition coefficient (Wildman–Crippen LogP) is 1.14. The lowest BCUT2D eigenvalue weighted by molar-refractivity contribution is -0.674. The van der Waals surface area contributed by atoms with Crippen LogP contribution in [0.1, 0.15) is 12.0 Å². The number of ether oxygens (including phenoxy) is 2. The van der Waals surface area contributed by atoms with Gasteiger partial charge in [-0.25, -0.2) is 4.90 Å². The van der Waals surface area contributed by atoms with Crippen LogP contribution in [-0.4, -0.2) is 38.6 Å². The third-order valence-electron chi connectivity index (χ3n) is 4.53. The van der Waals surface area contributed by atoms with Gasteiger partial charge in [0.05, 0.1) is 32.9 Å². The number of quaternary nitrogens is 1. The van der Waals surface area contributed by atoms with E-state index in [4.69, 9.17) is 9.47 Å². The van der Waals surface area contributed by atoms with Crippen LogP contribution in [0.15, 0.2) is 48.5 Å². The van der Waals surface area contributed by atoms with Crippen LogP contribution in [0.4, 0.5) is 5.69 Å². The maximum atomic E-state index is 12.6. The van der Waals surface area contributed by atoms with Gasteiger partial charge < -0.3 is 14.8 Å². The van der Waals surface area contributed by atoms with Gasteiger partial charge >= 0.3 is 0 Å². The summed E-state index contributed by atoms with van der Waals surface area (Å²) >= 11 is 0. The van der Waals surface area contributed by atoms with Gasteiger partial charge in [0.15, 0.2) is 17.5 Å². The molecule has 0 spiro atoms. The summed E-state index contributed by atoms with van der Waals surface area (Å²) in [7, 11) is 3.21. The first-order valence-electron chi connectivity index (χ1n) is 8.60. The van der Waals surface area contributed by atoms with Crippen LogP contribution in [0.3, 0.4) is 0 Å². The number of anilines is 1. The molecule has 1 saturated heterocycles. The highest BCUT2D eigenvalue weighted by Crippen LogP contribution is 2.27. The molecule has 1 atom stereocenters. The minimum atomic E-state index is -0.358. The Morgan fingerprint density at radius 3 is 2.46 bits per heavy atom. The first-order chi connectivity index (χ1) is 12.6. The number of hydrogen-bond acceptors (Lipinski definition) is 4. The van der Waals surface area contributed by atoms with Gasteiger partial charge in [0, 0.05) is 6.42 Å². The van der Waals surface area contributed by atoms with Crippen LogP contribution in [-0.2, 0) is 16.0 Å². The van der Waals surface area contributed by atoms with Crippen molar-refractivity contribution in [2.45, 2.75) is 18.9 Å². The molecule has 1 aliphatic heterocycles. The number of imide groups is 1. The van der Waals surface area contributed by atoms with E-state index in [0.29, 0.717) is 23.7 Å². The molecule has 136 valence electrons. The number of benzene rings is 2. The standard InChI is InChI=1S/C20H22N2O4/c1-25-17-9-8-14(12-18(17)26-2)10-11-21-16-13-19(23)22(20(16)24)15-6-4-3-5-7-15/h3-9,12,16,21H,10-11,13H2,1-2H3/p+1. The third kappa shape index (κ3) is 3.70. The van der Waals surface area contributed by atoms with Crippen LogP contribution in [0.25, 0.3) is 0 Å². The summed E-state index contributed by atoms with van der Waals surface area (Å²) in [6, 6.07) is 14.5. The fraction of sp³-hybridized carbons (Fsp3) is 0.300. The minimum Gasteiger partial charge on any atom is -0.493 e. The number of carbonyl (C=O) groups excluding carboxylic acids is 2. The second-order valence-electron chi connectivity index (χ2n) is 6.18. The molecule has 6 heteroatoms. The SMILES string of the molecule is COc1ccc(CC[NH2+]C2CC(=O)N(c3ccccc3)C2=O)cc1OC. The quantitative estimate of drug-likeness (QED) is 0.756. The molecule has 1 fully saturated rings. The van der Waals surface area contributed by atoms with Gasteiger partial charge in [-0.05, 0) is 29.8 Å². The van der Waals surface area contributed by atoms with E-state index in [0.717, 1.165) is 12.0 Å². The molecular weight excluding hydrogens is 332 g/mol. The first kappa shape index (κ1) is 17.9. The highest BCUT2D eigenvalue weighted by molar-refractivity contribution is 6.21. The normalized spacial score (nSPS) is 16.8. The van der Waals surface area contributed by atoms with Crippen LogP contribution in [0.5, 0.6) is 11.5 Å². The van der Waals surface area contributed by atoms with E-state index < -0.39 is 0 Å². The molecule has 3 rings (SSSR count). The highest BCUT2D eigenvalue weighted by atomic mass is 16.5. The summed E-state index contributed by atoms with van der Waals surface area (Å²) in [5.41, 5.74) is 1.73. The second-order valence-corrected chi connectivity index (χ2v) is 6.18. The zero-order chi connectivity index (χ0) is 18.5. The molecule has 0 bridgehead atoms. The van der Waals surface area contributed by atoms with Gasteiger partial charge in [-0.3, -0.25) is 9.59 Å². The van der Waals surface area contributed by atoms with Gasteiger partial charge in [-0.2, -0.15) is 0 Å². The number of nitrogens with two attached hydrogens (primary N) is 1. The number of rotatable bonds is 7. The molecule has 6 nitrogen and oxygen atoms in total. The number of para-hydroxylation sites is 1. The van der Waals surface area contributed by atoms with E-state index in [2.05, 4.69) is 0 Å². The van der Waals surface area contributed by atoms with Crippen molar-refractivity contribution in [3.05, 3.63) is 54.1 Å². The lowest BCUT2D eigenvalue weighted by atomic mass is 10.1. The molecule has 2 amide bonds. The Kier molecular flexibility index (Phi) is 5.53. The van der Waals surface area contributed by atoms with Crippen LogP contribution < -0.4 is 19.7 Å². The van der Waals surface area contributed by atoms with E-state index in [1.807, 2.05) is 41.7 Å². The molecule has 0 aromatic heterocycles. The summed E-state index contributed by atoms with van der Waals surface area (Å²) in [4.78, 5) is 26.1. The Balaban J connectivity index is 1.59. The molecule has 26 heavy (non-hydrogen) atoms. The van der Waals surface area contributed by atoms with E-state index in [-0.39, 0.29) is 24.3 Å². The average Bonchev–Trinajstić information content (AvgIpc) is 2.95. The topological polar surface area (TPSA) is 72.5 Å². The fourth-order valence-corrected chi connectivity index (χ4v) is 3.18. The highest BCUT2D eigenvalue weighted by Gasteiger charge is 2.41. The largest absolute Gasteiger partial charge is 0.493 e. The molecule has 2 aromatic carbocycles. The molecule has 0 aliphatic carbocycles. The summed E-state index contributed by atoms with van der Waals surface area (Å²) in [6.45, 7) is 0.710. The van der Waals surface area contributed by atoms with Crippen molar-refractivity contribution < 1.29 is 24.4 Å². The van der Waals surface area contributed by atoms with Crippen LogP contribution in [0.2, 0.25) is 0 Å². The van der Waals surface area contributed by atoms with Crippen molar-refractivity contribution in [3.63, 3.8) is 0 Å². The second kappa shape index (κ2) is 8.01. The van der Waals surface area contributed by atoms with Crippen molar-refractivity contribution in [2.24, 2.45) is 0 Å². The molecule has 1 unspecified atom stereocenters. The van der Waals surface area contributed by atoms with E-state index in [1.165, 1.54) is 4.90 Å². The number of nitrogens with zero attached hydrogens (tertiary/aromatic N) is 1. The Hall–Kier alpha value is -2.86. The number of amides is 2. The van der Waals surface area contributed by atoms with Crippen molar-refractivity contribution in [1.82, 2.24) is 0 Å². The van der Waals surface area contributed by atoms with Gasteiger partial charge in [0.2, 0.25) is 5.91 Å². The number of methoxy groups -OCH3 is 2. The van der Waals surface area contributed by atoms with E-state index >= 15 is 0 Å². The molecule has 2 aromatic rings. The lowest BCUT2D eigenvalue weighted by Gasteiger charge is -2.14. The van der Waals surface area contributed by atoms with Gasteiger partial charge in [-0.1, -0.05) is 24.3 Å². The van der Waals surface area contributed by atoms with Gasteiger partial charge in [0.1, 0.15) is 0 Å². The molecule has 1 heterocycles. The Morgan fingerprint density at radius 1 is 1.04 bits per heavy atom. The smallest absolute Gasteiger partial charge is 0.292 e. The average molecular weight is 355 g/mol. The third-order valence-corrected chi connectivity index (χ3v) is 4.53. The summed E-state index contributed by atoms with van der Waals surface area (Å²) in [5, 5.41) is 1.94. The Morgan fingerprint density at radius 2 is 1.77 bits per heavy atom. The van der Waals surface area contributed by atoms with Crippen molar-refractivity contribution in [3.8, 4) is 11.5 Å². The Labute approximate surface area is 152 Å². The molecule has 0 radical (unpaired) electrons. The van der Waals surface area contributed by atoms with Crippen LogP contribution in [0, 0.1) is 0 Å². The first-order valence-corrected chi connectivity index (χ1v) is 8.60. The van der Waals surface area contributed by atoms with Gasteiger partial charge in [-0.15, -0.1) is 0 Å². The fourth-order valence-electron chi connectivity index (χ4n) is 3.18. The van der Waals surface area contributed by atoms with E-state index in [1.54, 1.807) is 26.4 Å². The maximum Gasteiger partial charge on any atom is 0.292 e.